The summed E-state index contributed by atoms with van der Waals surface area (Å²) < 4.78 is 0. The first-order valence-corrected chi connectivity index (χ1v) is 14.8. The average molecular weight is 607 g/mol. The van der Waals surface area contributed by atoms with Crippen LogP contribution >= 0.6 is 23.5 Å². The summed E-state index contributed by atoms with van der Waals surface area (Å²) in [5, 5.41) is 28.1. The lowest BCUT2D eigenvalue weighted by molar-refractivity contribution is -0.132. The second-order valence-electron chi connectivity index (χ2n) is 9.05. The predicted octanol–water partition coefficient (Wildman–Crippen LogP) is -4.27. The molecule has 1 aliphatic rings. The van der Waals surface area contributed by atoms with E-state index in [9.17, 15) is 43.8 Å². The Morgan fingerprint density at radius 2 is 1.20 bits per heavy atom. The molecule has 1 aliphatic heterocycles. The summed E-state index contributed by atoms with van der Waals surface area (Å²) >= 11 is 2.56. The Morgan fingerprint density at radius 1 is 0.675 bits per heavy atom. The molecule has 1 saturated heterocycles. The number of rotatable bonds is 2. The summed E-state index contributed by atoms with van der Waals surface area (Å²) in [7, 11) is 0. The number of carbonyl (C=O) groups excluding carboxylic acids is 7. The lowest BCUT2D eigenvalue weighted by atomic mass is 10.0. The van der Waals surface area contributed by atoms with Gasteiger partial charge < -0.3 is 31.5 Å². The topological polar surface area (TPSA) is 232 Å². The van der Waals surface area contributed by atoms with Gasteiger partial charge in [-0.1, -0.05) is 13.8 Å². The van der Waals surface area contributed by atoms with Crippen LogP contribution in [0.3, 0.4) is 0 Å². The standard InChI is InChI=1S/C23H38N6O9S2/c1-13-9-39-11-15(32)12-40-10-14(2)22(37)16(7-30)28-20(35)5-24-19(34)4-25-23(38)17(8-31)29-21(36)6-27-26-3-18(13)33/h13-14,16-17,26-27,30-31H,3-12H2,1-2H3,(H,24,34)(H,25,38)(H,28,35)(H,29,36)/t13?,14?,16-,17-/m0/s1. The van der Waals surface area contributed by atoms with E-state index >= 15 is 0 Å². The third-order valence-electron chi connectivity index (χ3n) is 5.50. The normalized spacial score (nSPS) is 27.1. The first kappa shape index (κ1) is 35.5. The second-order valence-corrected chi connectivity index (χ2v) is 11.1. The summed E-state index contributed by atoms with van der Waals surface area (Å²) in [6, 6.07) is -2.56. The molecule has 0 aliphatic carbocycles. The summed E-state index contributed by atoms with van der Waals surface area (Å²) in [6.07, 6.45) is 0. The fourth-order valence-electron chi connectivity index (χ4n) is 3.15. The molecule has 17 heteroatoms. The van der Waals surface area contributed by atoms with E-state index < -0.39 is 73.7 Å². The summed E-state index contributed by atoms with van der Waals surface area (Å²) in [5.74, 6) is -3.55. The van der Waals surface area contributed by atoms with Crippen molar-refractivity contribution in [3.05, 3.63) is 0 Å². The van der Waals surface area contributed by atoms with E-state index in [-0.39, 0.29) is 47.8 Å². The molecule has 40 heavy (non-hydrogen) atoms. The molecular formula is C23H38N6O9S2. The Morgan fingerprint density at radius 3 is 1.82 bits per heavy atom. The van der Waals surface area contributed by atoms with Crippen LogP contribution in [-0.4, -0.2) is 126 Å². The highest BCUT2D eigenvalue weighted by Crippen LogP contribution is 2.14. The Hall–Kier alpha value is -2.57. The Balaban J connectivity index is 2.81. The Bertz CT molecular complexity index is 923. The van der Waals surface area contributed by atoms with Crippen LogP contribution in [0.4, 0.5) is 0 Å². The minimum Gasteiger partial charge on any atom is -0.394 e. The molecule has 4 amide bonds. The molecule has 0 aromatic carbocycles. The number of carbonyl (C=O) groups is 7. The first-order valence-electron chi connectivity index (χ1n) is 12.5. The first-order chi connectivity index (χ1) is 19.0. The highest BCUT2D eigenvalue weighted by atomic mass is 32.2. The minimum atomic E-state index is -1.36. The van der Waals surface area contributed by atoms with Gasteiger partial charge in [0.2, 0.25) is 23.6 Å². The van der Waals surface area contributed by atoms with Gasteiger partial charge in [-0.25, -0.2) is 10.9 Å². The third kappa shape index (κ3) is 14.2. The number of aliphatic hydroxyl groups excluding tert-OH is 2. The van der Waals surface area contributed by atoms with Crippen molar-refractivity contribution in [1.29, 1.82) is 0 Å². The van der Waals surface area contributed by atoms with Crippen molar-refractivity contribution in [2.75, 3.05) is 62.4 Å². The number of thioether (sulfide) groups is 2. The van der Waals surface area contributed by atoms with Gasteiger partial charge in [-0.3, -0.25) is 33.6 Å². The molecule has 0 aromatic rings. The van der Waals surface area contributed by atoms with Crippen molar-refractivity contribution in [1.82, 2.24) is 32.1 Å². The Kier molecular flexibility index (Phi) is 17.3. The summed E-state index contributed by atoms with van der Waals surface area (Å²) in [4.78, 5) is 85.6. The Labute approximate surface area is 240 Å². The van der Waals surface area contributed by atoms with E-state index in [0.29, 0.717) is 5.75 Å². The molecule has 1 rings (SSSR count). The van der Waals surface area contributed by atoms with Crippen LogP contribution in [0.25, 0.3) is 0 Å². The lowest BCUT2D eigenvalue weighted by Crippen LogP contribution is -2.54. The number of Topliss-reactive ketones (excluding diaryl/α,β-unsaturated/α-hetero) is 3. The molecule has 0 bridgehead atoms. The van der Waals surface area contributed by atoms with Gasteiger partial charge in [-0.05, 0) is 0 Å². The fraction of sp³-hybridized carbons (Fsp3) is 0.696. The van der Waals surface area contributed by atoms with Crippen LogP contribution < -0.4 is 32.1 Å². The van der Waals surface area contributed by atoms with Crippen LogP contribution in [0, 0.1) is 11.8 Å². The number of nitrogens with one attached hydrogen (secondary N) is 6. The van der Waals surface area contributed by atoms with Crippen LogP contribution in [0.1, 0.15) is 13.8 Å². The van der Waals surface area contributed by atoms with E-state index in [2.05, 4.69) is 32.1 Å². The highest BCUT2D eigenvalue weighted by molar-refractivity contribution is 8.01. The van der Waals surface area contributed by atoms with Gasteiger partial charge in [0.15, 0.2) is 17.3 Å². The molecule has 0 aromatic heterocycles. The number of hydrogen-bond acceptors (Lipinski definition) is 13. The third-order valence-corrected chi connectivity index (χ3v) is 8.02. The van der Waals surface area contributed by atoms with Crippen LogP contribution in [-0.2, 0) is 33.6 Å². The van der Waals surface area contributed by atoms with E-state index in [1.807, 2.05) is 0 Å². The predicted molar refractivity (Wildman–Crippen MR) is 148 cm³/mol. The number of hydrogen-bond donors (Lipinski definition) is 8. The van der Waals surface area contributed by atoms with Crippen molar-refractivity contribution in [2.24, 2.45) is 11.8 Å². The van der Waals surface area contributed by atoms with Gasteiger partial charge in [-0.2, -0.15) is 23.5 Å². The van der Waals surface area contributed by atoms with Gasteiger partial charge in [0.25, 0.3) is 0 Å². The van der Waals surface area contributed by atoms with Gasteiger partial charge in [0.1, 0.15) is 12.1 Å². The van der Waals surface area contributed by atoms with Gasteiger partial charge in [0.05, 0.1) is 50.9 Å². The van der Waals surface area contributed by atoms with Crippen LogP contribution in [0.15, 0.2) is 0 Å². The van der Waals surface area contributed by atoms with E-state index in [0.717, 1.165) is 0 Å². The number of aliphatic hydroxyl groups is 2. The van der Waals surface area contributed by atoms with Gasteiger partial charge >= 0.3 is 0 Å². The summed E-state index contributed by atoms with van der Waals surface area (Å²) in [6.45, 7) is 0.416. The van der Waals surface area contributed by atoms with Crippen LogP contribution in [0.5, 0.6) is 0 Å². The molecule has 4 atom stereocenters. The number of amides is 4. The molecule has 2 unspecified atom stereocenters. The molecule has 226 valence electrons. The lowest BCUT2D eigenvalue weighted by Gasteiger charge is -2.19. The zero-order chi connectivity index (χ0) is 30.1. The highest BCUT2D eigenvalue weighted by Gasteiger charge is 2.26. The van der Waals surface area contributed by atoms with Gasteiger partial charge in [-0.15, -0.1) is 0 Å². The molecule has 0 spiro atoms. The molecule has 1 fully saturated rings. The monoisotopic (exact) mass is 606 g/mol. The van der Waals surface area contributed by atoms with E-state index in [1.165, 1.54) is 23.5 Å². The smallest absolute Gasteiger partial charge is 0.245 e. The maximum absolute atomic E-state index is 12.6. The molecule has 15 nitrogen and oxygen atoms in total. The van der Waals surface area contributed by atoms with Crippen molar-refractivity contribution in [3.8, 4) is 0 Å². The molecular weight excluding hydrogens is 568 g/mol. The van der Waals surface area contributed by atoms with Crippen molar-refractivity contribution in [2.45, 2.75) is 25.9 Å². The average Bonchev–Trinajstić information content (AvgIpc) is 2.93. The van der Waals surface area contributed by atoms with Gasteiger partial charge in [0, 0.05) is 23.3 Å². The zero-order valence-electron chi connectivity index (χ0n) is 22.4. The molecule has 0 radical (unpaired) electrons. The largest absolute Gasteiger partial charge is 0.394 e. The maximum atomic E-state index is 12.6. The zero-order valence-corrected chi connectivity index (χ0v) is 24.1. The van der Waals surface area contributed by atoms with Crippen molar-refractivity contribution >= 4 is 64.5 Å². The van der Waals surface area contributed by atoms with Crippen molar-refractivity contribution in [3.63, 3.8) is 0 Å². The number of hydrazine groups is 1. The van der Waals surface area contributed by atoms with Crippen LogP contribution in [0.2, 0.25) is 0 Å². The minimum absolute atomic E-state index is 0.0608. The molecule has 8 N–H and O–H groups in total. The van der Waals surface area contributed by atoms with E-state index in [1.54, 1.807) is 13.8 Å². The fourth-order valence-corrected chi connectivity index (χ4v) is 5.23. The second kappa shape index (κ2) is 19.5. The summed E-state index contributed by atoms with van der Waals surface area (Å²) in [5.41, 5.74) is 5.15. The maximum Gasteiger partial charge on any atom is 0.245 e. The van der Waals surface area contributed by atoms with Crippen molar-refractivity contribution < 1.29 is 43.8 Å². The quantitative estimate of drug-likeness (QED) is 0.149. The number of ketones is 3. The molecule has 1 heterocycles. The van der Waals surface area contributed by atoms with E-state index in [4.69, 9.17) is 0 Å². The molecule has 0 saturated carbocycles. The SMILES string of the molecule is CC1CSCC(=O)CSCC(C)C(=O)[C@H](CO)NC(=O)CNC(=O)CNC(=O)[C@H](CO)NC(=O)CNNCC1=O.